The van der Waals surface area contributed by atoms with E-state index < -0.39 is 42.8 Å². The molecular formula is C14H24N2O7. The lowest BCUT2D eigenvalue weighted by Gasteiger charge is -2.22. The number of hydrogen-bond donors (Lipinski definition) is 4. The lowest BCUT2D eigenvalue weighted by atomic mass is 10.1. The minimum atomic E-state index is -1.34. The molecule has 0 aliphatic carbocycles. The third-order valence-electron chi connectivity index (χ3n) is 3.13. The first kappa shape index (κ1) is 20.8. The van der Waals surface area contributed by atoms with Gasteiger partial charge in [-0.15, -0.1) is 0 Å². The van der Waals surface area contributed by atoms with E-state index in [-0.39, 0.29) is 19.5 Å². The predicted octanol–water partition coefficient (Wildman–Crippen LogP) is -0.568. The van der Waals surface area contributed by atoms with Gasteiger partial charge in [-0.25, -0.2) is 4.79 Å². The molecule has 0 rings (SSSR count). The normalized spacial score (nSPS) is 11.6. The Morgan fingerprint density at radius 1 is 1.13 bits per heavy atom. The maximum Gasteiger partial charge on any atom is 0.326 e. The zero-order chi connectivity index (χ0) is 17.8. The fourth-order valence-electron chi connectivity index (χ4n) is 1.88. The molecule has 9 nitrogen and oxygen atoms in total. The molecule has 23 heavy (non-hydrogen) atoms. The highest BCUT2D eigenvalue weighted by atomic mass is 16.4. The van der Waals surface area contributed by atoms with Crippen LogP contribution >= 0.6 is 0 Å². The van der Waals surface area contributed by atoms with E-state index in [1.165, 1.54) is 0 Å². The number of hydrogen-bond acceptors (Lipinski definition) is 5. The van der Waals surface area contributed by atoms with Crippen molar-refractivity contribution in [3.05, 3.63) is 0 Å². The van der Waals surface area contributed by atoms with E-state index in [4.69, 9.17) is 15.3 Å². The Balaban J connectivity index is 4.59. The molecule has 0 aliphatic rings. The molecule has 2 amide bonds. The molecule has 0 saturated carbocycles. The van der Waals surface area contributed by atoms with E-state index in [1.807, 2.05) is 6.92 Å². The number of rotatable bonds is 12. The smallest absolute Gasteiger partial charge is 0.326 e. The third-order valence-corrected chi connectivity index (χ3v) is 3.13. The van der Waals surface area contributed by atoms with Gasteiger partial charge in [-0.3, -0.25) is 14.4 Å². The number of carbonyl (C=O) groups excluding carboxylic acids is 2. The van der Waals surface area contributed by atoms with Crippen molar-refractivity contribution in [3.8, 4) is 0 Å². The van der Waals surface area contributed by atoms with Gasteiger partial charge >= 0.3 is 11.9 Å². The van der Waals surface area contributed by atoms with Crippen molar-refractivity contribution in [2.24, 2.45) is 0 Å². The Morgan fingerprint density at radius 2 is 1.78 bits per heavy atom. The van der Waals surface area contributed by atoms with E-state index in [1.54, 1.807) is 0 Å². The molecule has 1 atom stereocenters. The number of amides is 2. The molecule has 0 aromatic heterocycles. The number of carbonyl (C=O) groups is 4. The summed E-state index contributed by atoms with van der Waals surface area (Å²) in [6, 6.07) is -1.33. The third kappa shape index (κ3) is 9.46. The Kier molecular flexibility index (Phi) is 10.3. The maximum absolute atomic E-state index is 11.9. The standard InChI is InChI=1S/C14H24N2O7/c1-2-3-4-7-16(12(19)9-17)8-11(18)15-10(14(22)23)5-6-13(20)21/h10,17H,2-9H2,1H3,(H,15,18)(H,20,21)(H,22,23). The Hall–Kier alpha value is -2.16. The molecule has 0 saturated heterocycles. The fraction of sp³-hybridized carbons (Fsp3) is 0.714. The van der Waals surface area contributed by atoms with Gasteiger partial charge in [0.15, 0.2) is 0 Å². The van der Waals surface area contributed by atoms with Crippen LogP contribution in [0.5, 0.6) is 0 Å². The van der Waals surface area contributed by atoms with Gasteiger partial charge in [-0.1, -0.05) is 19.8 Å². The molecule has 0 bridgehead atoms. The molecular weight excluding hydrogens is 308 g/mol. The minimum absolute atomic E-state index is 0.250. The SMILES string of the molecule is CCCCCN(CC(=O)NC(CCC(=O)O)C(=O)O)C(=O)CO. The van der Waals surface area contributed by atoms with Gasteiger partial charge < -0.3 is 25.5 Å². The summed E-state index contributed by atoms with van der Waals surface area (Å²) in [5, 5.41) is 28.6. The van der Waals surface area contributed by atoms with Gasteiger partial charge in [0, 0.05) is 13.0 Å². The highest BCUT2D eigenvalue weighted by Gasteiger charge is 2.23. The number of aliphatic hydroxyl groups is 1. The van der Waals surface area contributed by atoms with Gasteiger partial charge in [-0.2, -0.15) is 0 Å². The average molecular weight is 332 g/mol. The van der Waals surface area contributed by atoms with Crippen LogP contribution in [0.25, 0.3) is 0 Å². The van der Waals surface area contributed by atoms with Crippen molar-refractivity contribution in [1.82, 2.24) is 10.2 Å². The molecule has 0 radical (unpaired) electrons. The lowest BCUT2D eigenvalue weighted by Crippen LogP contribution is -2.47. The van der Waals surface area contributed by atoms with Gasteiger partial charge in [0.1, 0.15) is 12.6 Å². The molecule has 0 heterocycles. The highest BCUT2D eigenvalue weighted by molar-refractivity contribution is 5.88. The second-order valence-electron chi connectivity index (χ2n) is 5.07. The Bertz CT molecular complexity index is 425. The summed E-state index contributed by atoms with van der Waals surface area (Å²) in [7, 11) is 0. The zero-order valence-electron chi connectivity index (χ0n) is 13.2. The fourth-order valence-corrected chi connectivity index (χ4v) is 1.88. The summed E-state index contributed by atoms with van der Waals surface area (Å²) in [5.74, 6) is -3.83. The first-order valence-corrected chi connectivity index (χ1v) is 7.44. The van der Waals surface area contributed by atoms with Crippen LogP contribution < -0.4 is 5.32 Å². The molecule has 0 fully saturated rings. The Morgan fingerprint density at radius 3 is 2.26 bits per heavy atom. The second kappa shape index (κ2) is 11.4. The van der Waals surface area contributed by atoms with Crippen molar-refractivity contribution in [1.29, 1.82) is 0 Å². The molecule has 9 heteroatoms. The van der Waals surface area contributed by atoms with Crippen molar-refractivity contribution in [3.63, 3.8) is 0 Å². The van der Waals surface area contributed by atoms with E-state index in [0.717, 1.165) is 17.7 Å². The van der Waals surface area contributed by atoms with Crippen LogP contribution in [0.2, 0.25) is 0 Å². The molecule has 0 aliphatic heterocycles. The van der Waals surface area contributed by atoms with Crippen molar-refractivity contribution in [2.45, 2.75) is 45.1 Å². The highest BCUT2D eigenvalue weighted by Crippen LogP contribution is 2.01. The first-order valence-electron chi connectivity index (χ1n) is 7.44. The van der Waals surface area contributed by atoms with Crippen LogP contribution in [0.4, 0.5) is 0 Å². The second-order valence-corrected chi connectivity index (χ2v) is 5.07. The number of aliphatic carboxylic acids is 2. The predicted molar refractivity (Wildman–Crippen MR) is 79.6 cm³/mol. The van der Waals surface area contributed by atoms with Gasteiger partial charge in [-0.05, 0) is 12.8 Å². The lowest BCUT2D eigenvalue weighted by molar-refractivity contribution is -0.144. The van der Waals surface area contributed by atoms with Crippen LogP contribution in [0.1, 0.15) is 39.0 Å². The summed E-state index contributed by atoms with van der Waals surface area (Å²) >= 11 is 0. The molecule has 4 N–H and O–H groups in total. The quantitative estimate of drug-likeness (QED) is 0.350. The summed E-state index contributed by atoms with van der Waals surface area (Å²) in [5.41, 5.74) is 0. The van der Waals surface area contributed by atoms with E-state index in [2.05, 4.69) is 5.32 Å². The monoisotopic (exact) mass is 332 g/mol. The maximum atomic E-state index is 11.9. The first-order chi connectivity index (χ1) is 10.8. The van der Waals surface area contributed by atoms with E-state index in [0.29, 0.717) is 6.42 Å². The van der Waals surface area contributed by atoms with Gasteiger partial charge in [0.2, 0.25) is 11.8 Å². The van der Waals surface area contributed by atoms with Crippen LogP contribution in [-0.4, -0.2) is 69.7 Å². The van der Waals surface area contributed by atoms with Crippen LogP contribution in [0, 0.1) is 0 Å². The molecule has 0 aromatic rings. The molecule has 132 valence electrons. The molecule has 0 aromatic carbocycles. The number of aliphatic hydroxyl groups excluding tert-OH is 1. The summed E-state index contributed by atoms with van der Waals surface area (Å²) in [4.78, 5) is 46.1. The number of nitrogens with zero attached hydrogens (tertiary/aromatic N) is 1. The van der Waals surface area contributed by atoms with Crippen molar-refractivity contribution in [2.75, 3.05) is 19.7 Å². The van der Waals surface area contributed by atoms with Crippen LogP contribution in [0.3, 0.4) is 0 Å². The topological polar surface area (TPSA) is 144 Å². The van der Waals surface area contributed by atoms with Crippen molar-refractivity contribution < 1.29 is 34.5 Å². The molecule has 1 unspecified atom stereocenters. The average Bonchev–Trinajstić information content (AvgIpc) is 2.49. The van der Waals surface area contributed by atoms with Crippen molar-refractivity contribution >= 4 is 23.8 Å². The summed E-state index contributed by atoms with van der Waals surface area (Å²) in [6.07, 6.45) is 1.79. The largest absolute Gasteiger partial charge is 0.481 e. The molecule has 0 spiro atoms. The van der Waals surface area contributed by atoms with Crippen LogP contribution in [-0.2, 0) is 19.2 Å². The number of carboxylic acids is 2. The zero-order valence-corrected chi connectivity index (χ0v) is 13.2. The van der Waals surface area contributed by atoms with Crippen LogP contribution in [0.15, 0.2) is 0 Å². The Labute approximate surface area is 134 Å². The minimum Gasteiger partial charge on any atom is -0.481 e. The summed E-state index contributed by atoms with van der Waals surface area (Å²) < 4.78 is 0. The van der Waals surface area contributed by atoms with Gasteiger partial charge in [0.05, 0.1) is 6.54 Å². The van der Waals surface area contributed by atoms with Gasteiger partial charge in [0.25, 0.3) is 0 Å². The number of carboxylic acid groups (broad SMARTS) is 2. The van der Waals surface area contributed by atoms with E-state index in [9.17, 15) is 19.2 Å². The number of nitrogens with one attached hydrogen (secondary N) is 1. The summed E-state index contributed by atoms with van der Waals surface area (Å²) in [6.45, 7) is 1.15. The number of unbranched alkanes of at least 4 members (excludes halogenated alkanes) is 2. The van der Waals surface area contributed by atoms with E-state index >= 15 is 0 Å².